The molecule has 2 aromatic carbocycles. The summed E-state index contributed by atoms with van der Waals surface area (Å²) in [6.07, 6.45) is 1.25. The number of hydrogen-bond acceptors (Lipinski definition) is 7. The zero-order valence-electron chi connectivity index (χ0n) is 21.0. The van der Waals surface area contributed by atoms with Gasteiger partial charge in [0.2, 0.25) is 0 Å². The molecule has 2 atom stereocenters. The number of β-amino-alcohol motifs (C(OH)–C–C–N with tert-alkyl or cyclic N) is 1. The quantitative estimate of drug-likeness (QED) is 0.456. The molecule has 2 N–H and O–H groups in total. The molecule has 0 bridgehead atoms. The highest BCUT2D eigenvalue weighted by Gasteiger charge is 2.31. The number of nitrogens with zero attached hydrogens (tertiary/aromatic N) is 1. The Hall–Kier alpha value is -3.17. The van der Waals surface area contributed by atoms with Crippen LogP contribution < -0.4 is 14.8 Å². The van der Waals surface area contributed by atoms with Gasteiger partial charge >= 0.3 is 5.97 Å². The summed E-state index contributed by atoms with van der Waals surface area (Å²) in [7, 11) is 1.26. The molecule has 2 unspecified atom stereocenters. The molecule has 1 saturated heterocycles. The Balaban J connectivity index is 1.49. The third kappa shape index (κ3) is 7.93. The van der Waals surface area contributed by atoms with Gasteiger partial charge in [0, 0.05) is 19.0 Å². The fraction of sp³-hybridized carbons (Fsp3) is 0.481. The van der Waals surface area contributed by atoms with E-state index in [1.54, 1.807) is 50.2 Å². The molecule has 1 heterocycles. The molecule has 2 aromatic rings. The summed E-state index contributed by atoms with van der Waals surface area (Å²) in [6.45, 7) is 5.72. The third-order valence-corrected chi connectivity index (χ3v) is 6.06. The summed E-state index contributed by atoms with van der Waals surface area (Å²) in [6, 6.07) is 12.7. The van der Waals surface area contributed by atoms with Crippen molar-refractivity contribution in [3.8, 4) is 11.5 Å². The Labute approximate surface area is 211 Å². The molecular formula is C27H35FN2O6. The van der Waals surface area contributed by atoms with Gasteiger partial charge in [-0.1, -0.05) is 12.1 Å². The number of esters is 1. The van der Waals surface area contributed by atoms with E-state index in [1.165, 1.54) is 19.2 Å². The van der Waals surface area contributed by atoms with Gasteiger partial charge in [0.25, 0.3) is 5.91 Å². The number of ether oxygens (including phenoxy) is 3. The van der Waals surface area contributed by atoms with Crippen LogP contribution in [0.3, 0.4) is 0 Å². The average Bonchev–Trinajstić information content (AvgIpc) is 2.86. The molecule has 1 aliphatic heterocycles. The van der Waals surface area contributed by atoms with Gasteiger partial charge in [0.05, 0.1) is 19.3 Å². The molecule has 3 rings (SSSR count). The van der Waals surface area contributed by atoms with E-state index >= 15 is 0 Å². The highest BCUT2D eigenvalue weighted by molar-refractivity contribution is 6.00. The van der Waals surface area contributed by atoms with Gasteiger partial charge in [0.15, 0.2) is 0 Å². The van der Waals surface area contributed by atoms with Crippen molar-refractivity contribution in [3.63, 3.8) is 0 Å². The lowest BCUT2D eigenvalue weighted by Crippen LogP contribution is -2.50. The SMILES string of the molecule is COC(=O)C(C)(C)NC(=O)c1ccccc1OCC(O)CN1CCCC(COc2ccc(F)cc2)C1. The van der Waals surface area contributed by atoms with Crippen molar-refractivity contribution in [3.05, 3.63) is 59.9 Å². The molecule has 0 radical (unpaired) electrons. The molecule has 36 heavy (non-hydrogen) atoms. The molecule has 8 nitrogen and oxygen atoms in total. The van der Waals surface area contributed by atoms with Crippen LogP contribution in [0.15, 0.2) is 48.5 Å². The first kappa shape index (κ1) is 27.4. The van der Waals surface area contributed by atoms with Crippen LogP contribution in [0.25, 0.3) is 0 Å². The van der Waals surface area contributed by atoms with Crippen molar-refractivity contribution in [1.82, 2.24) is 10.2 Å². The van der Waals surface area contributed by atoms with Crippen molar-refractivity contribution in [2.24, 2.45) is 5.92 Å². The van der Waals surface area contributed by atoms with Gasteiger partial charge in [-0.05, 0) is 69.6 Å². The normalized spacial score (nSPS) is 17.2. The molecule has 9 heteroatoms. The summed E-state index contributed by atoms with van der Waals surface area (Å²) in [4.78, 5) is 26.9. The van der Waals surface area contributed by atoms with E-state index in [9.17, 15) is 19.1 Å². The number of amides is 1. The number of para-hydroxylation sites is 1. The first-order valence-corrected chi connectivity index (χ1v) is 12.1. The molecule has 0 saturated carbocycles. The molecule has 0 aromatic heterocycles. The maximum Gasteiger partial charge on any atom is 0.330 e. The number of likely N-dealkylation sites (tertiary alicyclic amines) is 1. The van der Waals surface area contributed by atoms with Crippen molar-refractivity contribution < 1.29 is 33.3 Å². The number of methoxy groups -OCH3 is 1. The number of rotatable bonds is 11. The van der Waals surface area contributed by atoms with E-state index in [2.05, 4.69) is 10.2 Å². The van der Waals surface area contributed by atoms with Gasteiger partial charge in [-0.15, -0.1) is 0 Å². The van der Waals surface area contributed by atoms with Crippen LogP contribution in [0.4, 0.5) is 4.39 Å². The number of aliphatic hydroxyl groups excluding tert-OH is 1. The van der Waals surface area contributed by atoms with Crippen LogP contribution in [0.2, 0.25) is 0 Å². The molecule has 1 fully saturated rings. The average molecular weight is 503 g/mol. The van der Waals surface area contributed by atoms with E-state index in [0.717, 1.165) is 25.9 Å². The summed E-state index contributed by atoms with van der Waals surface area (Å²) >= 11 is 0. The van der Waals surface area contributed by atoms with Crippen LogP contribution in [0, 0.1) is 11.7 Å². The van der Waals surface area contributed by atoms with Gasteiger partial charge in [-0.3, -0.25) is 4.79 Å². The number of carbonyl (C=O) groups is 2. The summed E-state index contributed by atoms with van der Waals surface area (Å²) in [5, 5.41) is 13.3. The van der Waals surface area contributed by atoms with Crippen molar-refractivity contribution in [2.75, 3.05) is 40.0 Å². The predicted molar refractivity (Wildman–Crippen MR) is 133 cm³/mol. The lowest BCUT2D eigenvalue weighted by molar-refractivity contribution is -0.146. The molecule has 0 aliphatic carbocycles. The smallest absolute Gasteiger partial charge is 0.330 e. The number of nitrogens with one attached hydrogen (secondary N) is 1. The summed E-state index contributed by atoms with van der Waals surface area (Å²) in [5.74, 6) is -0.0724. The Morgan fingerprint density at radius 1 is 1.17 bits per heavy atom. The summed E-state index contributed by atoms with van der Waals surface area (Å²) in [5.41, 5.74) is -0.943. The minimum Gasteiger partial charge on any atom is -0.493 e. The lowest BCUT2D eigenvalue weighted by atomic mass is 9.98. The first-order valence-electron chi connectivity index (χ1n) is 12.1. The van der Waals surface area contributed by atoms with E-state index in [1.807, 2.05) is 0 Å². The number of benzene rings is 2. The minimum atomic E-state index is -1.20. The van der Waals surface area contributed by atoms with Gasteiger partial charge in [0.1, 0.15) is 35.6 Å². The van der Waals surface area contributed by atoms with Crippen LogP contribution in [0.1, 0.15) is 37.0 Å². The highest BCUT2D eigenvalue weighted by Crippen LogP contribution is 2.21. The van der Waals surface area contributed by atoms with Gasteiger partial charge < -0.3 is 29.5 Å². The van der Waals surface area contributed by atoms with Crippen LogP contribution in [0.5, 0.6) is 11.5 Å². The predicted octanol–water partition coefficient (Wildman–Crippen LogP) is 3.04. The van der Waals surface area contributed by atoms with Crippen LogP contribution in [-0.2, 0) is 9.53 Å². The Morgan fingerprint density at radius 2 is 1.89 bits per heavy atom. The highest BCUT2D eigenvalue weighted by atomic mass is 19.1. The van der Waals surface area contributed by atoms with Crippen molar-refractivity contribution in [2.45, 2.75) is 38.3 Å². The Kier molecular flexibility index (Phi) is 9.66. The second-order valence-electron chi connectivity index (χ2n) is 9.56. The maximum atomic E-state index is 13.1. The number of halogens is 1. The minimum absolute atomic E-state index is 0.0118. The second kappa shape index (κ2) is 12.7. The van der Waals surface area contributed by atoms with Crippen LogP contribution >= 0.6 is 0 Å². The monoisotopic (exact) mass is 502 g/mol. The fourth-order valence-electron chi connectivity index (χ4n) is 4.17. The van der Waals surface area contributed by atoms with E-state index in [0.29, 0.717) is 30.6 Å². The second-order valence-corrected chi connectivity index (χ2v) is 9.56. The lowest BCUT2D eigenvalue weighted by Gasteiger charge is -2.33. The summed E-state index contributed by atoms with van der Waals surface area (Å²) < 4.78 is 29.4. The van der Waals surface area contributed by atoms with Gasteiger partial charge in [-0.25, -0.2) is 9.18 Å². The maximum absolute atomic E-state index is 13.1. The van der Waals surface area contributed by atoms with E-state index in [4.69, 9.17) is 14.2 Å². The molecular weight excluding hydrogens is 467 g/mol. The molecule has 1 amide bonds. The molecule has 0 spiro atoms. The van der Waals surface area contributed by atoms with Crippen LogP contribution in [-0.4, -0.2) is 73.5 Å². The molecule has 196 valence electrons. The number of hydrogen-bond donors (Lipinski definition) is 2. The molecule has 1 aliphatic rings. The van der Waals surface area contributed by atoms with E-state index in [-0.39, 0.29) is 18.0 Å². The standard InChI is InChI=1S/C27H35FN2O6/c1-27(2,26(33)34-3)29-25(32)23-8-4-5-9-24(23)36-18-21(31)16-30-14-6-7-19(15-30)17-35-22-12-10-20(28)11-13-22/h4-5,8-13,19,21,31H,6-7,14-18H2,1-3H3,(H,29,32). The van der Waals surface area contributed by atoms with Crippen molar-refractivity contribution >= 4 is 11.9 Å². The number of piperidine rings is 1. The first-order chi connectivity index (χ1) is 17.2. The number of aliphatic hydroxyl groups is 1. The Morgan fingerprint density at radius 3 is 2.61 bits per heavy atom. The number of carbonyl (C=O) groups excluding carboxylic acids is 2. The third-order valence-electron chi connectivity index (χ3n) is 6.06. The fourth-order valence-corrected chi connectivity index (χ4v) is 4.17. The van der Waals surface area contributed by atoms with E-state index < -0.39 is 23.5 Å². The zero-order valence-corrected chi connectivity index (χ0v) is 21.0. The zero-order chi connectivity index (χ0) is 26.1. The van der Waals surface area contributed by atoms with Crippen molar-refractivity contribution in [1.29, 1.82) is 0 Å². The largest absolute Gasteiger partial charge is 0.493 e. The Bertz CT molecular complexity index is 1010. The topological polar surface area (TPSA) is 97.3 Å². The van der Waals surface area contributed by atoms with Gasteiger partial charge in [-0.2, -0.15) is 0 Å².